The van der Waals surface area contributed by atoms with E-state index >= 15 is 0 Å². The lowest BCUT2D eigenvalue weighted by Gasteiger charge is -2.02. The third-order valence-electron chi connectivity index (χ3n) is 1.11. The zero-order valence-electron chi connectivity index (χ0n) is 7.68. The smallest absolute Gasteiger partial charge is 0.0308 e. The third-order valence-corrected chi connectivity index (χ3v) is 1.77. The van der Waals surface area contributed by atoms with Crippen molar-refractivity contribution in [3.63, 3.8) is 0 Å². The van der Waals surface area contributed by atoms with Crippen molar-refractivity contribution >= 4 is 11.8 Å². The lowest BCUT2D eigenvalue weighted by molar-refractivity contribution is 1.02. The van der Waals surface area contributed by atoms with Crippen molar-refractivity contribution in [3.8, 4) is 0 Å². The molecule has 0 rings (SSSR count). The summed E-state index contributed by atoms with van der Waals surface area (Å²) in [6.45, 7) is 13.2. The molecule has 0 amide bonds. The Bertz CT molecular complexity index is 226. The van der Waals surface area contributed by atoms with Gasteiger partial charge in [0.05, 0.1) is 0 Å². The standard InChI is InChI=1S/C10H15NS/c1-8(2)11-9(3)6-7-10(4)12-5/h6-7,11H,1,3-4H2,2,5H3/b7-6-. The van der Waals surface area contributed by atoms with Crippen molar-refractivity contribution in [2.24, 2.45) is 0 Å². The Morgan fingerprint density at radius 2 is 1.83 bits per heavy atom. The van der Waals surface area contributed by atoms with Gasteiger partial charge in [-0.15, -0.1) is 11.8 Å². The van der Waals surface area contributed by atoms with Gasteiger partial charge in [-0.3, -0.25) is 0 Å². The van der Waals surface area contributed by atoms with E-state index in [1.54, 1.807) is 11.8 Å². The molecule has 0 saturated heterocycles. The van der Waals surface area contributed by atoms with Crippen LogP contribution in [0.5, 0.6) is 0 Å². The molecule has 0 unspecified atom stereocenters. The zero-order chi connectivity index (χ0) is 9.56. The fourth-order valence-electron chi connectivity index (χ4n) is 0.577. The Balaban J connectivity index is 3.91. The average Bonchev–Trinajstić information content (AvgIpc) is 1.99. The van der Waals surface area contributed by atoms with Crippen LogP contribution in [0.2, 0.25) is 0 Å². The van der Waals surface area contributed by atoms with Gasteiger partial charge < -0.3 is 5.32 Å². The summed E-state index contributed by atoms with van der Waals surface area (Å²) in [6, 6.07) is 0. The molecule has 0 fully saturated rings. The van der Waals surface area contributed by atoms with Crippen LogP contribution in [0, 0.1) is 0 Å². The van der Waals surface area contributed by atoms with Crippen LogP contribution in [-0.4, -0.2) is 6.26 Å². The Morgan fingerprint density at radius 3 is 2.25 bits per heavy atom. The second-order valence-corrected chi connectivity index (χ2v) is 3.37. The van der Waals surface area contributed by atoms with Gasteiger partial charge in [-0.2, -0.15) is 0 Å². The molecule has 1 nitrogen and oxygen atoms in total. The molecule has 0 spiro atoms. The summed E-state index contributed by atoms with van der Waals surface area (Å²) in [5.41, 5.74) is 1.72. The molecule has 66 valence electrons. The van der Waals surface area contributed by atoms with Crippen LogP contribution in [0.15, 0.2) is 48.2 Å². The van der Waals surface area contributed by atoms with Crippen LogP contribution in [0.3, 0.4) is 0 Å². The quantitative estimate of drug-likeness (QED) is 0.654. The number of hydrogen-bond donors (Lipinski definition) is 1. The molecule has 0 radical (unpaired) electrons. The minimum absolute atomic E-state index is 0.831. The molecule has 12 heavy (non-hydrogen) atoms. The monoisotopic (exact) mass is 181 g/mol. The number of hydrogen-bond acceptors (Lipinski definition) is 2. The summed E-state index contributed by atoms with van der Waals surface area (Å²) >= 11 is 1.61. The zero-order valence-corrected chi connectivity index (χ0v) is 8.50. The van der Waals surface area contributed by atoms with Crippen LogP contribution in [0.25, 0.3) is 0 Å². The van der Waals surface area contributed by atoms with E-state index in [2.05, 4.69) is 25.1 Å². The lowest BCUT2D eigenvalue weighted by Crippen LogP contribution is -2.05. The Kier molecular flexibility index (Phi) is 5.30. The summed E-state index contributed by atoms with van der Waals surface area (Å²) in [4.78, 5) is 1.01. The molecular weight excluding hydrogens is 166 g/mol. The molecule has 0 aromatic carbocycles. The molecule has 0 bridgehead atoms. The van der Waals surface area contributed by atoms with Crippen molar-refractivity contribution in [2.75, 3.05) is 6.26 Å². The molecule has 0 heterocycles. The van der Waals surface area contributed by atoms with Crippen LogP contribution >= 0.6 is 11.8 Å². The fraction of sp³-hybridized carbons (Fsp3) is 0.200. The van der Waals surface area contributed by atoms with E-state index in [4.69, 9.17) is 0 Å². The summed E-state index contributed by atoms with van der Waals surface area (Å²) < 4.78 is 0. The van der Waals surface area contributed by atoms with Gasteiger partial charge in [-0.1, -0.05) is 19.7 Å². The summed E-state index contributed by atoms with van der Waals surface area (Å²) in [7, 11) is 0. The van der Waals surface area contributed by atoms with Gasteiger partial charge >= 0.3 is 0 Å². The van der Waals surface area contributed by atoms with Crippen molar-refractivity contribution < 1.29 is 0 Å². The molecular formula is C10H15NS. The summed E-state index contributed by atoms with van der Waals surface area (Å²) in [6.07, 6.45) is 5.79. The third kappa shape index (κ3) is 5.86. The van der Waals surface area contributed by atoms with E-state index < -0.39 is 0 Å². The SMILES string of the molecule is C=C(C)NC(=C)/C=C\C(=C)SC. The molecule has 1 N–H and O–H groups in total. The molecule has 0 aliphatic heterocycles. The molecule has 2 heteroatoms. The van der Waals surface area contributed by atoms with E-state index in [-0.39, 0.29) is 0 Å². The number of allylic oxidation sites excluding steroid dienone is 3. The normalized spacial score (nSPS) is 9.83. The van der Waals surface area contributed by atoms with Gasteiger partial charge in [0.1, 0.15) is 0 Å². The maximum Gasteiger partial charge on any atom is 0.0308 e. The second kappa shape index (κ2) is 5.72. The molecule has 0 saturated carbocycles. The molecule has 0 aliphatic carbocycles. The minimum Gasteiger partial charge on any atom is -0.360 e. The minimum atomic E-state index is 0.831. The first-order valence-corrected chi connectivity index (χ1v) is 4.81. The molecule has 0 atom stereocenters. The van der Waals surface area contributed by atoms with Gasteiger partial charge in [0.25, 0.3) is 0 Å². The molecule has 0 aliphatic rings. The van der Waals surface area contributed by atoms with Crippen LogP contribution < -0.4 is 5.32 Å². The largest absolute Gasteiger partial charge is 0.360 e. The Morgan fingerprint density at radius 1 is 1.25 bits per heavy atom. The van der Waals surface area contributed by atoms with Crippen molar-refractivity contribution in [1.82, 2.24) is 5.32 Å². The van der Waals surface area contributed by atoms with E-state index in [1.807, 2.05) is 25.3 Å². The van der Waals surface area contributed by atoms with Crippen molar-refractivity contribution in [2.45, 2.75) is 6.92 Å². The van der Waals surface area contributed by atoms with Crippen LogP contribution in [0.4, 0.5) is 0 Å². The Hall–Kier alpha value is -0.890. The first-order chi connectivity index (χ1) is 5.56. The summed E-state index contributed by atoms with van der Waals surface area (Å²) in [5, 5.41) is 3.00. The Labute approximate surface area is 78.9 Å². The highest BCUT2D eigenvalue weighted by Gasteiger charge is 1.86. The maximum atomic E-state index is 3.81. The van der Waals surface area contributed by atoms with E-state index in [1.165, 1.54) is 0 Å². The lowest BCUT2D eigenvalue weighted by atomic mass is 10.4. The van der Waals surface area contributed by atoms with Crippen molar-refractivity contribution in [3.05, 3.63) is 48.2 Å². The van der Waals surface area contributed by atoms with Gasteiger partial charge in [0.15, 0.2) is 0 Å². The number of rotatable bonds is 5. The molecule has 0 aromatic heterocycles. The molecule has 0 aromatic rings. The first-order valence-electron chi connectivity index (χ1n) is 3.58. The van der Waals surface area contributed by atoms with Gasteiger partial charge in [0, 0.05) is 11.4 Å². The van der Waals surface area contributed by atoms with Crippen LogP contribution in [-0.2, 0) is 0 Å². The van der Waals surface area contributed by atoms with Crippen LogP contribution in [0.1, 0.15) is 6.92 Å². The van der Waals surface area contributed by atoms with Gasteiger partial charge in [-0.05, 0) is 30.2 Å². The first kappa shape index (κ1) is 11.1. The van der Waals surface area contributed by atoms with E-state index in [9.17, 15) is 0 Å². The average molecular weight is 181 g/mol. The number of nitrogens with one attached hydrogen (secondary N) is 1. The topological polar surface area (TPSA) is 12.0 Å². The summed E-state index contributed by atoms with van der Waals surface area (Å²) in [5.74, 6) is 0. The van der Waals surface area contributed by atoms with Gasteiger partial charge in [-0.25, -0.2) is 0 Å². The van der Waals surface area contributed by atoms with E-state index in [0.29, 0.717) is 0 Å². The highest BCUT2D eigenvalue weighted by Crippen LogP contribution is 2.09. The van der Waals surface area contributed by atoms with Gasteiger partial charge in [0.2, 0.25) is 0 Å². The maximum absolute atomic E-state index is 3.81. The predicted octanol–water partition coefficient (Wildman–Crippen LogP) is 3.06. The number of thioether (sulfide) groups is 1. The van der Waals surface area contributed by atoms with E-state index in [0.717, 1.165) is 16.3 Å². The fourth-order valence-corrected chi connectivity index (χ4v) is 0.781. The highest BCUT2D eigenvalue weighted by molar-refractivity contribution is 8.02. The second-order valence-electron chi connectivity index (χ2n) is 2.43. The predicted molar refractivity (Wildman–Crippen MR) is 58.9 cm³/mol. The van der Waals surface area contributed by atoms with Crippen molar-refractivity contribution in [1.29, 1.82) is 0 Å². The highest BCUT2D eigenvalue weighted by atomic mass is 32.2.